The summed E-state index contributed by atoms with van der Waals surface area (Å²) in [6.45, 7) is 0. The molecule has 0 bridgehead atoms. The molecule has 3 heterocycles. The molecular formula is C42H29N5O2. The van der Waals surface area contributed by atoms with Crippen LogP contribution in [0.2, 0.25) is 0 Å². The van der Waals surface area contributed by atoms with Crippen LogP contribution in [0.5, 0.6) is 0 Å². The van der Waals surface area contributed by atoms with E-state index in [-0.39, 0.29) is 5.69 Å². The third-order valence-corrected chi connectivity index (χ3v) is 9.25. The van der Waals surface area contributed by atoms with E-state index in [4.69, 9.17) is 19.4 Å². The molecule has 0 spiro atoms. The van der Waals surface area contributed by atoms with Gasteiger partial charge < -0.3 is 4.42 Å². The Kier molecular flexibility index (Phi) is 6.59. The maximum Gasteiger partial charge on any atom is 0.328 e. The zero-order valence-electron chi connectivity index (χ0n) is 26.8. The van der Waals surface area contributed by atoms with Gasteiger partial charge in [-0.05, 0) is 58.7 Å². The van der Waals surface area contributed by atoms with Crippen molar-refractivity contribution in [3.8, 4) is 56.4 Å². The highest BCUT2D eigenvalue weighted by Gasteiger charge is 2.15. The van der Waals surface area contributed by atoms with Gasteiger partial charge in [0.2, 0.25) is 0 Å². The van der Waals surface area contributed by atoms with E-state index in [1.165, 1.54) is 0 Å². The number of rotatable bonds is 5. The quantitative estimate of drug-likeness (QED) is 0.188. The Labute approximate surface area is 281 Å². The van der Waals surface area contributed by atoms with E-state index in [2.05, 4.69) is 48.5 Å². The molecule has 0 N–H and O–H groups in total. The third kappa shape index (κ3) is 4.91. The highest BCUT2D eigenvalue weighted by atomic mass is 16.3. The molecule has 0 aliphatic rings. The number of fused-ring (bicyclic) bond motifs is 4. The summed E-state index contributed by atoms with van der Waals surface area (Å²) in [5.41, 5.74) is 10.4. The number of aromatic nitrogens is 5. The SMILES string of the molecule is Cn1c(=O)n(C)c2cc(-c3ccc(-c4nc(-c5ccccc5)nc(-c5cccc(-c6ccc7oc8ccccc8c7c6)c5)n4)cc3)ccc21. The molecule has 7 heteroatoms. The first-order chi connectivity index (χ1) is 24.0. The van der Waals surface area contributed by atoms with Gasteiger partial charge in [-0.3, -0.25) is 9.13 Å². The predicted octanol–water partition coefficient (Wildman–Crippen LogP) is 9.30. The summed E-state index contributed by atoms with van der Waals surface area (Å²) in [6, 6.07) is 47.1. The van der Waals surface area contributed by atoms with E-state index < -0.39 is 0 Å². The Morgan fingerprint density at radius 1 is 0.429 bits per heavy atom. The van der Waals surface area contributed by atoms with Gasteiger partial charge in [0, 0.05) is 41.6 Å². The number of benzene rings is 6. The molecular weight excluding hydrogens is 606 g/mol. The second-order valence-electron chi connectivity index (χ2n) is 12.2. The van der Waals surface area contributed by atoms with E-state index >= 15 is 0 Å². The van der Waals surface area contributed by atoms with E-state index in [9.17, 15) is 4.79 Å². The van der Waals surface area contributed by atoms with E-state index in [0.29, 0.717) is 17.5 Å². The molecule has 49 heavy (non-hydrogen) atoms. The number of nitrogens with zero attached hydrogens (tertiary/aromatic N) is 5. The van der Waals surface area contributed by atoms with E-state index in [0.717, 1.165) is 71.9 Å². The second-order valence-corrected chi connectivity index (χ2v) is 12.2. The van der Waals surface area contributed by atoms with Gasteiger partial charge in [-0.2, -0.15) is 0 Å². The minimum Gasteiger partial charge on any atom is -0.456 e. The smallest absolute Gasteiger partial charge is 0.328 e. The van der Waals surface area contributed by atoms with Crippen molar-refractivity contribution in [2.75, 3.05) is 0 Å². The zero-order valence-corrected chi connectivity index (χ0v) is 26.8. The van der Waals surface area contributed by atoms with Gasteiger partial charge in [-0.15, -0.1) is 0 Å². The first-order valence-corrected chi connectivity index (χ1v) is 16.1. The van der Waals surface area contributed by atoms with Crippen LogP contribution in [0.1, 0.15) is 0 Å². The van der Waals surface area contributed by atoms with Crippen LogP contribution >= 0.6 is 0 Å². The van der Waals surface area contributed by atoms with Crippen molar-refractivity contribution in [1.82, 2.24) is 24.1 Å². The summed E-state index contributed by atoms with van der Waals surface area (Å²) in [4.78, 5) is 27.4. The molecule has 6 aromatic carbocycles. The van der Waals surface area contributed by atoms with Crippen molar-refractivity contribution in [3.63, 3.8) is 0 Å². The standard InChI is InChI=1S/C42H29N5O2/c1-46-35-21-19-31(25-36(35)47(2)42(46)48)26-15-17-28(18-16-26)40-43-39(27-9-4-3-5-10-27)44-41(45-40)32-12-8-11-29(23-32)30-20-22-38-34(24-30)33-13-6-7-14-37(33)49-38/h3-25H,1-2H3. The highest BCUT2D eigenvalue weighted by Crippen LogP contribution is 2.34. The van der Waals surface area contributed by atoms with Crippen LogP contribution < -0.4 is 5.69 Å². The zero-order chi connectivity index (χ0) is 33.1. The van der Waals surface area contributed by atoms with Gasteiger partial charge in [0.25, 0.3) is 0 Å². The Hall–Kier alpha value is -6.60. The van der Waals surface area contributed by atoms with E-state index in [1.54, 1.807) is 23.2 Å². The first-order valence-electron chi connectivity index (χ1n) is 16.1. The first kappa shape index (κ1) is 28.6. The normalized spacial score (nSPS) is 11.6. The van der Waals surface area contributed by atoms with Crippen molar-refractivity contribution >= 4 is 33.0 Å². The molecule has 0 saturated heterocycles. The number of hydrogen-bond acceptors (Lipinski definition) is 5. The van der Waals surface area contributed by atoms with Crippen LogP contribution in [0.25, 0.3) is 89.4 Å². The molecule has 0 atom stereocenters. The second kappa shape index (κ2) is 11.3. The summed E-state index contributed by atoms with van der Waals surface area (Å²) < 4.78 is 9.41. The number of para-hydroxylation sites is 1. The Morgan fingerprint density at radius 3 is 1.76 bits per heavy atom. The summed E-state index contributed by atoms with van der Waals surface area (Å²) in [6.07, 6.45) is 0. The van der Waals surface area contributed by atoms with Gasteiger partial charge >= 0.3 is 5.69 Å². The molecule has 234 valence electrons. The largest absolute Gasteiger partial charge is 0.456 e. The average Bonchev–Trinajstić information content (AvgIpc) is 3.64. The van der Waals surface area contributed by atoms with Crippen LogP contribution in [0.3, 0.4) is 0 Å². The van der Waals surface area contributed by atoms with Crippen molar-refractivity contribution in [2.45, 2.75) is 0 Å². The Morgan fingerprint density at radius 2 is 0.959 bits per heavy atom. The molecule has 0 radical (unpaired) electrons. The summed E-state index contributed by atoms with van der Waals surface area (Å²) in [7, 11) is 3.60. The van der Waals surface area contributed by atoms with Crippen molar-refractivity contribution in [2.24, 2.45) is 14.1 Å². The number of furan rings is 1. The van der Waals surface area contributed by atoms with Gasteiger partial charge in [0.15, 0.2) is 17.5 Å². The molecule has 9 rings (SSSR count). The lowest BCUT2D eigenvalue weighted by Gasteiger charge is -2.10. The lowest BCUT2D eigenvalue weighted by Crippen LogP contribution is -2.19. The van der Waals surface area contributed by atoms with Crippen LogP contribution in [0, 0.1) is 0 Å². The number of imidazole rings is 1. The molecule has 0 fully saturated rings. The minimum atomic E-state index is -0.0412. The van der Waals surface area contributed by atoms with Crippen molar-refractivity contribution < 1.29 is 4.42 Å². The summed E-state index contributed by atoms with van der Waals surface area (Å²) >= 11 is 0. The molecule has 0 amide bonds. The lowest BCUT2D eigenvalue weighted by atomic mass is 10.0. The molecule has 0 aliphatic carbocycles. The molecule has 0 unspecified atom stereocenters. The maximum atomic E-state index is 12.5. The van der Waals surface area contributed by atoms with Crippen LogP contribution in [-0.2, 0) is 14.1 Å². The van der Waals surface area contributed by atoms with Gasteiger partial charge in [-0.1, -0.05) is 103 Å². The molecule has 3 aromatic heterocycles. The summed E-state index contributed by atoms with van der Waals surface area (Å²) in [5, 5.41) is 2.19. The molecule has 7 nitrogen and oxygen atoms in total. The van der Waals surface area contributed by atoms with Crippen molar-refractivity contribution in [1.29, 1.82) is 0 Å². The fourth-order valence-electron chi connectivity index (χ4n) is 6.59. The predicted molar refractivity (Wildman–Crippen MR) is 196 cm³/mol. The monoisotopic (exact) mass is 635 g/mol. The van der Waals surface area contributed by atoms with Crippen LogP contribution in [0.15, 0.2) is 149 Å². The fraction of sp³-hybridized carbons (Fsp3) is 0.0476. The Balaban J connectivity index is 1.12. The Bertz CT molecular complexity index is 2760. The topological polar surface area (TPSA) is 78.7 Å². The van der Waals surface area contributed by atoms with Crippen LogP contribution in [-0.4, -0.2) is 24.1 Å². The molecule has 9 aromatic rings. The lowest BCUT2D eigenvalue weighted by molar-refractivity contribution is 0.669. The third-order valence-electron chi connectivity index (χ3n) is 9.25. The highest BCUT2D eigenvalue weighted by molar-refractivity contribution is 6.06. The van der Waals surface area contributed by atoms with Crippen molar-refractivity contribution in [3.05, 3.63) is 150 Å². The van der Waals surface area contributed by atoms with Gasteiger partial charge in [-0.25, -0.2) is 19.7 Å². The number of aryl methyl sites for hydroxylation is 2. The average molecular weight is 636 g/mol. The summed E-state index contributed by atoms with van der Waals surface area (Å²) in [5.74, 6) is 1.80. The molecule has 0 aliphatic heterocycles. The maximum absolute atomic E-state index is 12.5. The van der Waals surface area contributed by atoms with Gasteiger partial charge in [0.05, 0.1) is 11.0 Å². The fourth-order valence-corrected chi connectivity index (χ4v) is 6.59. The van der Waals surface area contributed by atoms with Gasteiger partial charge in [0.1, 0.15) is 11.2 Å². The number of hydrogen-bond donors (Lipinski definition) is 0. The van der Waals surface area contributed by atoms with E-state index in [1.807, 2.05) is 91.0 Å². The van der Waals surface area contributed by atoms with Crippen LogP contribution in [0.4, 0.5) is 0 Å². The minimum absolute atomic E-state index is 0.0412. The molecule has 0 saturated carbocycles.